The number of carbonyl (C=O) groups excluding carboxylic acids is 1. The van der Waals surface area contributed by atoms with Gasteiger partial charge in [-0.3, -0.25) is 4.79 Å². The third-order valence-corrected chi connectivity index (χ3v) is 4.69. The van der Waals surface area contributed by atoms with Crippen LogP contribution in [-0.2, 0) is 16.6 Å². The fourth-order valence-corrected chi connectivity index (χ4v) is 3.20. The van der Waals surface area contributed by atoms with E-state index in [0.29, 0.717) is 0 Å². The number of hydrogen-bond donors (Lipinski definition) is 3. The van der Waals surface area contributed by atoms with Crippen LogP contribution in [0.15, 0.2) is 0 Å². The standard InChI is InChI=1S/C5H12FN2O3PS2/c1-4(2)8(12(10,11)13)14-7-3-5(6)9/h4,7H,3H2,1-2H3,(H2,10,11,13). The van der Waals surface area contributed by atoms with Crippen molar-refractivity contribution in [3.8, 4) is 0 Å². The second kappa shape index (κ2) is 6.12. The molecule has 0 atom stereocenters. The first-order valence-electron chi connectivity index (χ1n) is 3.68. The highest BCUT2D eigenvalue weighted by atomic mass is 32.5. The van der Waals surface area contributed by atoms with E-state index in [9.17, 15) is 19.0 Å². The van der Waals surface area contributed by atoms with E-state index in [1.165, 1.54) is 0 Å². The summed E-state index contributed by atoms with van der Waals surface area (Å²) in [7, 11) is 0. The van der Waals surface area contributed by atoms with E-state index in [1.54, 1.807) is 13.8 Å². The first-order chi connectivity index (χ1) is 6.25. The Balaban J connectivity index is 4.13. The number of nitrogens with one attached hydrogen (secondary N) is 1. The van der Waals surface area contributed by atoms with Crippen LogP contribution in [0.4, 0.5) is 4.39 Å². The molecule has 0 aliphatic heterocycles. The first kappa shape index (κ1) is 14.4. The molecular weight excluding hydrogens is 250 g/mol. The minimum absolute atomic E-state index is 0.233. The Bertz CT molecular complexity index is 247. The van der Waals surface area contributed by atoms with E-state index in [1.807, 2.05) is 0 Å². The predicted molar refractivity (Wildman–Crippen MR) is 57.4 cm³/mol. The summed E-state index contributed by atoms with van der Waals surface area (Å²) in [4.78, 5) is 28.3. The highest BCUT2D eigenvalue weighted by molar-refractivity contribution is 8.14. The maximum Gasteiger partial charge on any atom is 0.316 e. The van der Waals surface area contributed by atoms with E-state index >= 15 is 0 Å². The van der Waals surface area contributed by atoms with E-state index < -0.39 is 19.2 Å². The summed E-state index contributed by atoms with van der Waals surface area (Å²) in [5, 5.41) is 0. The summed E-state index contributed by atoms with van der Waals surface area (Å²) in [6.07, 6.45) is 0. The summed E-state index contributed by atoms with van der Waals surface area (Å²) in [6, 6.07) is -1.76. The Morgan fingerprint density at radius 3 is 2.50 bits per heavy atom. The number of halogens is 1. The molecule has 0 aromatic rings. The van der Waals surface area contributed by atoms with E-state index in [4.69, 9.17) is 0 Å². The number of rotatable bonds is 6. The second-order valence-electron chi connectivity index (χ2n) is 2.68. The molecule has 0 aromatic heterocycles. The quantitative estimate of drug-likeness (QED) is 0.367. The van der Waals surface area contributed by atoms with Gasteiger partial charge in [0.2, 0.25) is 0 Å². The van der Waals surface area contributed by atoms with Crippen LogP contribution < -0.4 is 4.72 Å². The average molecular weight is 262 g/mol. The molecule has 9 heteroatoms. The highest BCUT2D eigenvalue weighted by Crippen LogP contribution is 2.46. The van der Waals surface area contributed by atoms with Gasteiger partial charge >= 0.3 is 6.04 Å². The van der Waals surface area contributed by atoms with Gasteiger partial charge in [-0.2, -0.15) is 8.47 Å². The third kappa shape index (κ3) is 6.02. The molecule has 3 N–H and O–H groups in total. The van der Waals surface area contributed by atoms with Crippen molar-refractivity contribution in [2.75, 3.05) is 6.54 Å². The van der Waals surface area contributed by atoms with Crippen molar-refractivity contribution in [1.29, 1.82) is 0 Å². The van der Waals surface area contributed by atoms with Gasteiger partial charge in [0.15, 0.2) is 0 Å². The van der Waals surface area contributed by atoms with E-state index in [0.717, 1.165) is 16.2 Å². The molecule has 0 aliphatic rings. The lowest BCUT2D eigenvalue weighted by Crippen LogP contribution is -2.26. The molecular formula is C5H12FN2O3PS2. The molecule has 0 radical (unpaired) electrons. The third-order valence-electron chi connectivity index (χ3n) is 1.07. The fourth-order valence-electron chi connectivity index (χ4n) is 0.615. The van der Waals surface area contributed by atoms with Gasteiger partial charge in [0.1, 0.15) is 0 Å². The summed E-state index contributed by atoms with van der Waals surface area (Å²) < 4.78 is 15.2. The van der Waals surface area contributed by atoms with Gasteiger partial charge in [-0.15, -0.1) is 0 Å². The Morgan fingerprint density at radius 1 is 1.71 bits per heavy atom. The van der Waals surface area contributed by atoms with Crippen molar-refractivity contribution in [3.63, 3.8) is 0 Å². The molecule has 5 nitrogen and oxygen atoms in total. The Labute approximate surface area is 91.2 Å². The maximum absolute atomic E-state index is 11.8. The Morgan fingerprint density at radius 2 is 2.21 bits per heavy atom. The smallest absolute Gasteiger partial charge is 0.316 e. The van der Waals surface area contributed by atoms with Crippen LogP contribution in [0.3, 0.4) is 0 Å². The second-order valence-corrected chi connectivity index (χ2v) is 6.74. The zero-order chi connectivity index (χ0) is 11.4. The zero-order valence-electron chi connectivity index (χ0n) is 7.68. The molecule has 84 valence electrons. The summed E-state index contributed by atoms with van der Waals surface area (Å²) in [6.45, 7) is -0.668. The maximum atomic E-state index is 11.8. The number of hydrogen-bond acceptors (Lipinski definition) is 4. The summed E-state index contributed by atoms with van der Waals surface area (Å²) in [5.74, 6) is 0. The van der Waals surface area contributed by atoms with Crippen LogP contribution in [0.25, 0.3) is 0 Å². The normalized spacial score (nSPS) is 12.5. The molecule has 0 aromatic carbocycles. The van der Waals surface area contributed by atoms with E-state index in [-0.39, 0.29) is 6.04 Å². The van der Waals surface area contributed by atoms with Crippen molar-refractivity contribution < 1.29 is 19.0 Å². The average Bonchev–Trinajstić information content (AvgIpc) is 1.94. The lowest BCUT2D eigenvalue weighted by atomic mass is 10.4. The van der Waals surface area contributed by atoms with Gasteiger partial charge in [0.05, 0.1) is 6.54 Å². The topological polar surface area (TPSA) is 72.8 Å². The van der Waals surface area contributed by atoms with Crippen LogP contribution in [0.5, 0.6) is 0 Å². The lowest BCUT2D eigenvalue weighted by Gasteiger charge is -2.27. The van der Waals surface area contributed by atoms with Crippen LogP contribution >= 0.6 is 18.8 Å². The molecule has 0 heterocycles. The Hall–Kier alpha value is 0.440. The van der Waals surface area contributed by atoms with E-state index in [2.05, 4.69) is 16.5 Å². The van der Waals surface area contributed by atoms with Gasteiger partial charge in [0, 0.05) is 18.2 Å². The van der Waals surface area contributed by atoms with Crippen molar-refractivity contribution in [2.24, 2.45) is 0 Å². The number of carbonyl (C=O) groups is 1. The molecule has 0 aliphatic carbocycles. The van der Waals surface area contributed by atoms with Crippen molar-refractivity contribution in [1.82, 2.24) is 8.80 Å². The Kier molecular flexibility index (Phi) is 6.31. The molecule has 0 unspecified atom stereocenters. The fraction of sp³-hybridized carbons (Fsp3) is 0.800. The predicted octanol–water partition coefficient (Wildman–Crippen LogP) is 0.555. The number of nitrogens with zero attached hydrogens (tertiary/aromatic N) is 1. The monoisotopic (exact) mass is 262 g/mol. The molecule has 14 heavy (non-hydrogen) atoms. The van der Waals surface area contributed by atoms with Crippen LogP contribution in [0.1, 0.15) is 13.8 Å². The van der Waals surface area contributed by atoms with Crippen molar-refractivity contribution in [3.05, 3.63) is 0 Å². The largest absolute Gasteiger partial charge is 0.333 e. The van der Waals surface area contributed by atoms with Gasteiger partial charge < -0.3 is 9.79 Å². The van der Waals surface area contributed by atoms with Crippen LogP contribution in [0, 0.1) is 0 Å². The lowest BCUT2D eigenvalue weighted by molar-refractivity contribution is -0.127. The van der Waals surface area contributed by atoms with Crippen LogP contribution in [-0.4, -0.2) is 32.5 Å². The van der Waals surface area contributed by atoms with Gasteiger partial charge in [-0.05, 0) is 25.7 Å². The highest BCUT2D eigenvalue weighted by Gasteiger charge is 2.24. The minimum atomic E-state index is -3.56. The molecule has 0 spiro atoms. The van der Waals surface area contributed by atoms with Gasteiger partial charge in [-0.25, -0.2) is 4.72 Å². The molecule has 0 saturated heterocycles. The molecule has 0 fully saturated rings. The van der Waals surface area contributed by atoms with Gasteiger partial charge in [0.25, 0.3) is 6.64 Å². The minimum Gasteiger partial charge on any atom is -0.333 e. The van der Waals surface area contributed by atoms with Crippen molar-refractivity contribution >= 4 is 36.6 Å². The van der Waals surface area contributed by atoms with Gasteiger partial charge in [-0.1, -0.05) is 0 Å². The van der Waals surface area contributed by atoms with Crippen LogP contribution in [0.2, 0.25) is 0 Å². The summed E-state index contributed by atoms with van der Waals surface area (Å²) in [5.41, 5.74) is 0. The molecule has 0 saturated carbocycles. The molecule has 0 bridgehead atoms. The SMILES string of the molecule is CC(C)N(SNCC(=O)F)P(O)(O)=S. The zero-order valence-corrected chi connectivity index (χ0v) is 10.2. The van der Waals surface area contributed by atoms with Crippen molar-refractivity contribution in [2.45, 2.75) is 19.9 Å². The molecule has 0 amide bonds. The molecule has 0 rings (SSSR count). The summed E-state index contributed by atoms with van der Waals surface area (Å²) >= 11 is 5.20. The first-order valence-corrected chi connectivity index (χ1v) is 7.12.